The van der Waals surface area contributed by atoms with Crippen molar-refractivity contribution >= 4 is 39.4 Å². The molecule has 0 heterocycles. The van der Waals surface area contributed by atoms with E-state index in [2.05, 4.69) is 26.5 Å². The molecule has 0 bridgehead atoms. The first-order chi connectivity index (χ1) is 14.8. The third-order valence-electron chi connectivity index (χ3n) is 3.96. The highest BCUT2D eigenvalue weighted by Gasteiger charge is 2.21. The van der Waals surface area contributed by atoms with E-state index >= 15 is 0 Å². The maximum absolute atomic E-state index is 12.1. The molecule has 31 heavy (non-hydrogen) atoms. The van der Waals surface area contributed by atoms with Crippen molar-refractivity contribution in [3.05, 3.63) is 103 Å². The number of hydrazone groups is 1. The second-order valence-electron chi connectivity index (χ2n) is 6.02. The number of nitrogens with zero attached hydrogens (tertiary/aromatic N) is 3. The summed E-state index contributed by atoms with van der Waals surface area (Å²) in [5.74, 6) is -0.224. The second-order valence-corrected chi connectivity index (χ2v) is 6.87. The summed E-state index contributed by atoms with van der Waals surface area (Å²) in [4.78, 5) is 32.6. The van der Waals surface area contributed by atoms with Crippen LogP contribution in [0.15, 0.2) is 76.3 Å². The number of ether oxygens (including phenoxy) is 1. The molecule has 1 N–H and O–H groups in total. The van der Waals surface area contributed by atoms with Crippen LogP contribution in [0.4, 0.5) is 11.4 Å². The zero-order chi connectivity index (χ0) is 22.4. The number of hydrogen-bond acceptors (Lipinski definition) is 7. The molecule has 3 aromatic rings. The van der Waals surface area contributed by atoms with Crippen LogP contribution in [0.2, 0.25) is 0 Å². The molecule has 0 saturated heterocycles. The summed E-state index contributed by atoms with van der Waals surface area (Å²) in [6.45, 7) is 0. The second kappa shape index (κ2) is 9.59. The van der Waals surface area contributed by atoms with Crippen molar-refractivity contribution in [1.82, 2.24) is 5.43 Å². The Balaban J connectivity index is 1.67. The molecule has 3 rings (SSSR count). The third kappa shape index (κ3) is 5.48. The van der Waals surface area contributed by atoms with Gasteiger partial charge in [0, 0.05) is 10.5 Å². The SMILES string of the molecule is O=C(N/N=C/c1ccc(Oc2ccc([N+](=O)[O-])cc2[N+](=O)[O-])cc1)c1ccccc1Br. The van der Waals surface area contributed by atoms with Gasteiger partial charge >= 0.3 is 5.69 Å². The predicted molar refractivity (Wildman–Crippen MR) is 115 cm³/mol. The topological polar surface area (TPSA) is 137 Å². The molecule has 0 aliphatic heterocycles. The molecule has 0 fully saturated rings. The minimum atomic E-state index is -0.753. The van der Waals surface area contributed by atoms with Gasteiger partial charge < -0.3 is 4.74 Å². The summed E-state index contributed by atoms with van der Waals surface area (Å²) in [5, 5.41) is 25.9. The van der Waals surface area contributed by atoms with Crippen molar-refractivity contribution in [3.8, 4) is 11.5 Å². The lowest BCUT2D eigenvalue weighted by atomic mass is 10.2. The highest BCUT2D eigenvalue weighted by Crippen LogP contribution is 2.34. The first-order valence-corrected chi connectivity index (χ1v) is 9.43. The number of benzene rings is 3. The van der Waals surface area contributed by atoms with E-state index in [9.17, 15) is 25.0 Å². The van der Waals surface area contributed by atoms with E-state index in [1.165, 1.54) is 12.3 Å². The first-order valence-electron chi connectivity index (χ1n) is 8.64. The van der Waals surface area contributed by atoms with Crippen molar-refractivity contribution in [2.75, 3.05) is 0 Å². The average Bonchev–Trinajstić information content (AvgIpc) is 2.75. The Labute approximate surface area is 183 Å². The zero-order valence-electron chi connectivity index (χ0n) is 15.6. The smallest absolute Gasteiger partial charge is 0.318 e. The fourth-order valence-corrected chi connectivity index (χ4v) is 2.93. The number of amides is 1. The maximum Gasteiger partial charge on any atom is 0.318 e. The molecule has 11 heteroatoms. The minimum absolute atomic E-state index is 0.127. The first kappa shape index (κ1) is 21.6. The predicted octanol–water partition coefficient (Wildman–Crippen LogP) is 4.82. The van der Waals surface area contributed by atoms with Crippen molar-refractivity contribution in [2.45, 2.75) is 0 Å². The van der Waals surface area contributed by atoms with Gasteiger partial charge in [-0.15, -0.1) is 0 Å². The standard InChI is InChI=1S/C20H13BrN4O6/c21-17-4-2-1-3-16(17)20(26)23-22-12-13-5-8-15(9-6-13)31-19-10-7-14(24(27)28)11-18(19)25(29)30/h1-12H,(H,23,26)/b22-12+. The van der Waals surface area contributed by atoms with Gasteiger partial charge in [0.2, 0.25) is 5.75 Å². The number of halogens is 1. The number of nitrogens with one attached hydrogen (secondary N) is 1. The Bertz CT molecular complexity index is 1180. The Morgan fingerprint density at radius 1 is 1.00 bits per heavy atom. The van der Waals surface area contributed by atoms with Gasteiger partial charge in [-0.05, 0) is 64.0 Å². The van der Waals surface area contributed by atoms with Gasteiger partial charge in [0.1, 0.15) is 5.75 Å². The van der Waals surface area contributed by atoms with Gasteiger partial charge in [-0.1, -0.05) is 12.1 Å². The van der Waals surface area contributed by atoms with Crippen LogP contribution in [-0.4, -0.2) is 22.0 Å². The molecule has 10 nitrogen and oxygen atoms in total. The molecule has 3 aromatic carbocycles. The molecule has 1 amide bonds. The number of carbonyl (C=O) groups is 1. The molecule has 0 spiro atoms. The van der Waals surface area contributed by atoms with Crippen molar-refractivity contribution < 1.29 is 19.4 Å². The molecule has 0 radical (unpaired) electrons. The van der Waals surface area contributed by atoms with Gasteiger partial charge in [0.05, 0.1) is 27.7 Å². The van der Waals surface area contributed by atoms with E-state index in [4.69, 9.17) is 4.74 Å². The van der Waals surface area contributed by atoms with Gasteiger partial charge in [-0.25, -0.2) is 5.43 Å². The molecular weight excluding hydrogens is 472 g/mol. The number of hydrogen-bond donors (Lipinski definition) is 1. The summed E-state index contributed by atoms with van der Waals surface area (Å²) in [6, 6.07) is 16.4. The molecule has 0 atom stereocenters. The lowest BCUT2D eigenvalue weighted by Crippen LogP contribution is -2.18. The highest BCUT2D eigenvalue weighted by molar-refractivity contribution is 9.10. The normalized spacial score (nSPS) is 10.6. The summed E-state index contributed by atoms with van der Waals surface area (Å²) < 4.78 is 6.13. The van der Waals surface area contributed by atoms with Crippen LogP contribution in [0.25, 0.3) is 0 Å². The molecule has 0 unspecified atom stereocenters. The van der Waals surface area contributed by atoms with Crippen LogP contribution in [0.1, 0.15) is 15.9 Å². The van der Waals surface area contributed by atoms with Crippen molar-refractivity contribution in [3.63, 3.8) is 0 Å². The summed E-state index contributed by atoms with van der Waals surface area (Å²) in [6.07, 6.45) is 1.42. The lowest BCUT2D eigenvalue weighted by molar-refractivity contribution is -0.394. The van der Waals surface area contributed by atoms with Crippen LogP contribution >= 0.6 is 15.9 Å². The summed E-state index contributed by atoms with van der Waals surface area (Å²) in [7, 11) is 0. The molecule has 156 valence electrons. The molecular formula is C20H13BrN4O6. The van der Waals surface area contributed by atoms with E-state index < -0.39 is 21.2 Å². The van der Waals surface area contributed by atoms with Gasteiger partial charge in [0.25, 0.3) is 11.6 Å². The molecule has 0 aliphatic carbocycles. The summed E-state index contributed by atoms with van der Waals surface area (Å²) in [5.41, 5.74) is 2.57. The fraction of sp³-hybridized carbons (Fsp3) is 0. The number of rotatable bonds is 7. The Morgan fingerprint density at radius 3 is 2.35 bits per heavy atom. The van der Waals surface area contributed by atoms with Crippen LogP contribution in [0, 0.1) is 20.2 Å². The van der Waals surface area contributed by atoms with Crippen molar-refractivity contribution in [1.29, 1.82) is 0 Å². The minimum Gasteiger partial charge on any atom is -0.450 e. The summed E-state index contributed by atoms with van der Waals surface area (Å²) >= 11 is 3.29. The highest BCUT2D eigenvalue weighted by atomic mass is 79.9. The van der Waals surface area contributed by atoms with E-state index in [1.54, 1.807) is 48.5 Å². The van der Waals surface area contributed by atoms with Crippen LogP contribution in [-0.2, 0) is 0 Å². The monoisotopic (exact) mass is 484 g/mol. The van der Waals surface area contributed by atoms with Crippen LogP contribution < -0.4 is 10.2 Å². The van der Waals surface area contributed by atoms with Crippen LogP contribution in [0.5, 0.6) is 11.5 Å². The molecule has 0 aromatic heterocycles. The fourth-order valence-electron chi connectivity index (χ4n) is 2.47. The third-order valence-corrected chi connectivity index (χ3v) is 4.65. The van der Waals surface area contributed by atoms with E-state index in [0.717, 1.165) is 12.1 Å². The quantitative estimate of drug-likeness (QED) is 0.289. The zero-order valence-corrected chi connectivity index (χ0v) is 17.2. The average molecular weight is 485 g/mol. The van der Waals surface area contributed by atoms with E-state index in [1.807, 2.05) is 0 Å². The van der Waals surface area contributed by atoms with Gasteiger partial charge in [-0.2, -0.15) is 5.10 Å². The number of carbonyl (C=O) groups excluding carboxylic acids is 1. The number of nitro benzene ring substituents is 2. The lowest BCUT2D eigenvalue weighted by Gasteiger charge is -2.06. The van der Waals surface area contributed by atoms with E-state index in [0.29, 0.717) is 15.6 Å². The largest absolute Gasteiger partial charge is 0.450 e. The van der Waals surface area contributed by atoms with Crippen molar-refractivity contribution in [2.24, 2.45) is 5.10 Å². The molecule has 0 aliphatic rings. The van der Waals surface area contributed by atoms with E-state index in [-0.39, 0.29) is 17.4 Å². The van der Waals surface area contributed by atoms with Crippen LogP contribution in [0.3, 0.4) is 0 Å². The molecule has 0 saturated carbocycles. The Kier molecular flexibility index (Phi) is 6.67. The number of non-ortho nitro benzene ring substituents is 1. The van der Waals surface area contributed by atoms with Gasteiger partial charge in [0.15, 0.2) is 0 Å². The van der Waals surface area contributed by atoms with Gasteiger partial charge in [-0.3, -0.25) is 25.0 Å². The number of nitro groups is 2. The maximum atomic E-state index is 12.1. The Hall–Kier alpha value is -4.12. The Morgan fingerprint density at radius 2 is 1.71 bits per heavy atom.